The van der Waals surface area contributed by atoms with Crippen LogP contribution >= 0.6 is 0 Å². The molecule has 2 aromatic rings. The van der Waals surface area contributed by atoms with E-state index in [-0.39, 0.29) is 5.91 Å². The van der Waals surface area contributed by atoms with Crippen molar-refractivity contribution in [1.82, 2.24) is 5.32 Å². The van der Waals surface area contributed by atoms with E-state index in [1.807, 2.05) is 24.3 Å². The van der Waals surface area contributed by atoms with Gasteiger partial charge in [-0.25, -0.2) is 0 Å². The maximum Gasteiger partial charge on any atom is 0.219 e. The third-order valence-corrected chi connectivity index (χ3v) is 2.79. The van der Waals surface area contributed by atoms with E-state index >= 15 is 0 Å². The Balaban J connectivity index is 1.92. The maximum atomic E-state index is 10.8. The minimum absolute atomic E-state index is 0.297. The Labute approximate surface area is 112 Å². The Bertz CT molecular complexity index is 533. The molecule has 0 radical (unpaired) electrons. The standard InChI is InChI=1S/C15H17NO3/c1-11(17)16-15(18)14-10-9-13(19-14)8-7-12-5-3-2-4-6-12/h2-6,9-10,15,18H,7-8H2,1H3,(H,16,17). The van der Waals surface area contributed by atoms with Gasteiger partial charge in [0.15, 0.2) is 12.0 Å². The number of aliphatic hydroxyl groups is 1. The van der Waals surface area contributed by atoms with Crippen LogP contribution in [0.1, 0.15) is 30.2 Å². The lowest BCUT2D eigenvalue weighted by atomic mass is 10.1. The highest BCUT2D eigenvalue weighted by atomic mass is 16.4. The van der Waals surface area contributed by atoms with Gasteiger partial charge in [0.2, 0.25) is 5.91 Å². The first-order valence-electron chi connectivity index (χ1n) is 6.23. The average Bonchev–Trinajstić information content (AvgIpc) is 2.86. The highest BCUT2D eigenvalue weighted by Gasteiger charge is 2.12. The van der Waals surface area contributed by atoms with E-state index in [0.717, 1.165) is 18.6 Å². The lowest BCUT2D eigenvalue weighted by Gasteiger charge is -2.07. The average molecular weight is 259 g/mol. The Hall–Kier alpha value is -2.07. The van der Waals surface area contributed by atoms with Crippen molar-refractivity contribution in [3.8, 4) is 0 Å². The lowest BCUT2D eigenvalue weighted by Crippen LogP contribution is -2.25. The van der Waals surface area contributed by atoms with Gasteiger partial charge >= 0.3 is 0 Å². The summed E-state index contributed by atoms with van der Waals surface area (Å²) in [4.78, 5) is 10.8. The smallest absolute Gasteiger partial charge is 0.219 e. The summed E-state index contributed by atoms with van der Waals surface area (Å²) in [6.07, 6.45) is 0.559. The number of amides is 1. The highest BCUT2D eigenvalue weighted by molar-refractivity contribution is 5.73. The van der Waals surface area contributed by atoms with Crippen molar-refractivity contribution < 1.29 is 14.3 Å². The molecule has 1 aromatic carbocycles. The molecular formula is C15H17NO3. The number of carbonyl (C=O) groups is 1. The van der Waals surface area contributed by atoms with Gasteiger partial charge in [0, 0.05) is 13.3 Å². The SMILES string of the molecule is CC(=O)NC(O)c1ccc(CCc2ccccc2)o1. The van der Waals surface area contributed by atoms with Crippen LogP contribution in [-0.2, 0) is 17.6 Å². The zero-order valence-corrected chi connectivity index (χ0v) is 10.8. The summed E-state index contributed by atoms with van der Waals surface area (Å²) in [5, 5.41) is 12.0. The number of rotatable bonds is 5. The fourth-order valence-electron chi connectivity index (χ4n) is 1.85. The van der Waals surface area contributed by atoms with E-state index in [0.29, 0.717) is 5.76 Å². The topological polar surface area (TPSA) is 62.5 Å². The van der Waals surface area contributed by atoms with E-state index < -0.39 is 6.23 Å². The molecular weight excluding hydrogens is 242 g/mol. The van der Waals surface area contributed by atoms with Crippen LogP contribution in [0.4, 0.5) is 0 Å². The number of aryl methyl sites for hydroxylation is 2. The van der Waals surface area contributed by atoms with Crippen LogP contribution in [0.15, 0.2) is 46.9 Å². The molecule has 1 atom stereocenters. The summed E-state index contributed by atoms with van der Waals surface area (Å²) in [5.74, 6) is 0.858. The second-order valence-electron chi connectivity index (χ2n) is 4.39. The molecule has 0 fully saturated rings. The maximum absolute atomic E-state index is 10.8. The van der Waals surface area contributed by atoms with Gasteiger partial charge in [-0.2, -0.15) is 0 Å². The van der Waals surface area contributed by atoms with Crippen LogP contribution in [0.2, 0.25) is 0 Å². The third-order valence-electron chi connectivity index (χ3n) is 2.79. The Morgan fingerprint density at radius 2 is 1.95 bits per heavy atom. The molecule has 19 heavy (non-hydrogen) atoms. The number of hydrogen-bond acceptors (Lipinski definition) is 3. The first-order chi connectivity index (χ1) is 9.15. The van der Waals surface area contributed by atoms with E-state index in [1.165, 1.54) is 12.5 Å². The molecule has 1 aromatic heterocycles. The number of benzene rings is 1. The molecule has 4 nitrogen and oxygen atoms in total. The Morgan fingerprint density at radius 3 is 2.63 bits per heavy atom. The van der Waals surface area contributed by atoms with Crippen molar-refractivity contribution in [2.45, 2.75) is 26.0 Å². The van der Waals surface area contributed by atoms with Crippen molar-refractivity contribution >= 4 is 5.91 Å². The summed E-state index contributed by atoms with van der Waals surface area (Å²) in [6.45, 7) is 1.35. The van der Waals surface area contributed by atoms with E-state index in [2.05, 4.69) is 17.4 Å². The Morgan fingerprint density at radius 1 is 1.21 bits per heavy atom. The van der Waals surface area contributed by atoms with E-state index in [4.69, 9.17) is 4.42 Å². The number of hydrogen-bond donors (Lipinski definition) is 2. The molecule has 2 rings (SSSR count). The first-order valence-corrected chi connectivity index (χ1v) is 6.23. The minimum atomic E-state index is -1.08. The van der Waals surface area contributed by atoms with Crippen LogP contribution in [0.5, 0.6) is 0 Å². The summed E-state index contributed by atoms with van der Waals surface area (Å²) in [5.41, 5.74) is 1.24. The van der Waals surface area contributed by atoms with Gasteiger partial charge in [-0.1, -0.05) is 30.3 Å². The summed E-state index contributed by atoms with van der Waals surface area (Å²) >= 11 is 0. The Kier molecular flexibility index (Phi) is 4.36. The van der Waals surface area contributed by atoms with Gasteiger partial charge in [-0.3, -0.25) is 4.79 Å². The van der Waals surface area contributed by atoms with Crippen LogP contribution in [0.3, 0.4) is 0 Å². The summed E-state index contributed by atoms with van der Waals surface area (Å²) < 4.78 is 5.50. The van der Waals surface area contributed by atoms with Crippen LogP contribution in [0.25, 0.3) is 0 Å². The highest BCUT2D eigenvalue weighted by Crippen LogP contribution is 2.16. The van der Waals surface area contributed by atoms with Crippen LogP contribution < -0.4 is 5.32 Å². The van der Waals surface area contributed by atoms with Gasteiger partial charge < -0.3 is 14.8 Å². The first kappa shape index (κ1) is 13.4. The van der Waals surface area contributed by atoms with E-state index in [9.17, 15) is 9.90 Å². The molecule has 0 aliphatic rings. The molecule has 1 amide bonds. The van der Waals surface area contributed by atoms with Gasteiger partial charge in [0.05, 0.1) is 0 Å². The minimum Gasteiger partial charge on any atom is -0.461 e. The molecule has 0 saturated heterocycles. The zero-order valence-electron chi connectivity index (χ0n) is 10.8. The summed E-state index contributed by atoms with van der Waals surface area (Å²) in [7, 11) is 0. The lowest BCUT2D eigenvalue weighted by molar-refractivity contribution is -0.122. The monoisotopic (exact) mass is 259 g/mol. The largest absolute Gasteiger partial charge is 0.461 e. The van der Waals surface area contributed by atoms with Gasteiger partial charge in [-0.05, 0) is 24.1 Å². The van der Waals surface area contributed by atoms with Gasteiger partial charge in [-0.15, -0.1) is 0 Å². The number of furan rings is 1. The third kappa shape index (κ3) is 3.96. The van der Waals surface area contributed by atoms with Crippen molar-refractivity contribution in [1.29, 1.82) is 0 Å². The molecule has 4 heteroatoms. The second-order valence-corrected chi connectivity index (χ2v) is 4.39. The van der Waals surface area contributed by atoms with Crippen molar-refractivity contribution in [2.24, 2.45) is 0 Å². The second kappa shape index (κ2) is 6.20. The normalized spacial score (nSPS) is 12.1. The van der Waals surface area contributed by atoms with Gasteiger partial charge in [0.25, 0.3) is 0 Å². The molecule has 0 aliphatic heterocycles. The van der Waals surface area contributed by atoms with Crippen molar-refractivity contribution in [3.05, 3.63) is 59.5 Å². The molecule has 100 valence electrons. The predicted octanol–water partition coefficient (Wildman–Crippen LogP) is 2.19. The fraction of sp³-hybridized carbons (Fsp3) is 0.267. The van der Waals surface area contributed by atoms with Crippen LogP contribution in [-0.4, -0.2) is 11.0 Å². The fourth-order valence-corrected chi connectivity index (χ4v) is 1.85. The molecule has 0 spiro atoms. The van der Waals surface area contributed by atoms with Gasteiger partial charge in [0.1, 0.15) is 5.76 Å². The predicted molar refractivity (Wildman–Crippen MR) is 71.3 cm³/mol. The summed E-state index contributed by atoms with van der Waals surface area (Å²) in [6, 6.07) is 13.6. The molecule has 1 heterocycles. The molecule has 2 N–H and O–H groups in total. The quantitative estimate of drug-likeness (QED) is 0.809. The molecule has 0 bridgehead atoms. The van der Waals surface area contributed by atoms with E-state index in [1.54, 1.807) is 6.07 Å². The number of aliphatic hydroxyl groups excluding tert-OH is 1. The number of nitrogens with one attached hydrogen (secondary N) is 1. The van der Waals surface area contributed by atoms with Crippen molar-refractivity contribution in [2.75, 3.05) is 0 Å². The number of carbonyl (C=O) groups excluding carboxylic acids is 1. The zero-order chi connectivity index (χ0) is 13.7. The van der Waals surface area contributed by atoms with Crippen molar-refractivity contribution in [3.63, 3.8) is 0 Å². The molecule has 0 aliphatic carbocycles. The van der Waals surface area contributed by atoms with Crippen LogP contribution in [0, 0.1) is 0 Å². The molecule has 0 saturated carbocycles. The molecule has 1 unspecified atom stereocenters.